The molecule has 0 amide bonds. The molecule has 0 heterocycles. The van der Waals surface area contributed by atoms with Crippen LogP contribution >= 0.6 is 0 Å². The number of phenols is 1. The van der Waals surface area contributed by atoms with Crippen molar-refractivity contribution in [3.05, 3.63) is 33.9 Å². The third-order valence-electron chi connectivity index (χ3n) is 1.40. The molecule has 0 aromatic heterocycles. The maximum absolute atomic E-state index is 10.2. The third kappa shape index (κ3) is 2.48. The van der Waals surface area contributed by atoms with Gasteiger partial charge in [-0.25, -0.2) is 0 Å². The number of aryl methyl sites for hydroxylation is 1. The summed E-state index contributed by atoms with van der Waals surface area (Å²) in [5.74, 6) is -0.0424. The van der Waals surface area contributed by atoms with Crippen LogP contribution in [0.5, 0.6) is 5.75 Å². The summed E-state index contributed by atoms with van der Waals surface area (Å²) >= 11 is 0. The van der Waals surface area contributed by atoms with Crippen molar-refractivity contribution in [2.24, 2.45) is 0 Å². The van der Waals surface area contributed by atoms with Crippen molar-refractivity contribution in [1.82, 2.24) is 0 Å². The van der Waals surface area contributed by atoms with E-state index < -0.39 is 4.92 Å². The topological polar surface area (TPSA) is 63.4 Å². The second-order valence-corrected chi connectivity index (χ2v) is 2.23. The summed E-state index contributed by atoms with van der Waals surface area (Å²) in [6, 6.07) is 4.00. The van der Waals surface area contributed by atoms with Crippen LogP contribution in [0.15, 0.2) is 18.2 Å². The molecule has 0 unspecified atom stereocenters. The molecule has 0 aliphatic rings. The Morgan fingerprint density at radius 3 is 2.50 bits per heavy atom. The summed E-state index contributed by atoms with van der Waals surface area (Å²) in [5, 5.41) is 19.2. The number of aromatic hydroxyl groups is 1. The van der Waals surface area contributed by atoms with Gasteiger partial charge in [-0.2, -0.15) is 0 Å². The van der Waals surface area contributed by atoms with Crippen molar-refractivity contribution in [2.75, 3.05) is 0 Å². The van der Waals surface area contributed by atoms with E-state index in [1.807, 2.05) is 0 Å². The molecule has 1 radical (unpaired) electrons. The van der Waals surface area contributed by atoms with Crippen LogP contribution in [0, 0.1) is 17.0 Å². The fourth-order valence-corrected chi connectivity index (χ4v) is 0.711. The van der Waals surface area contributed by atoms with E-state index in [1.54, 1.807) is 6.92 Å². The predicted molar refractivity (Wildman–Crippen MR) is 45.3 cm³/mol. The van der Waals surface area contributed by atoms with Gasteiger partial charge in [0.25, 0.3) is 5.69 Å². The van der Waals surface area contributed by atoms with Crippen LogP contribution in [0.1, 0.15) is 5.56 Å². The summed E-state index contributed by atoms with van der Waals surface area (Å²) < 4.78 is 0. The van der Waals surface area contributed by atoms with Gasteiger partial charge >= 0.3 is 0 Å². The van der Waals surface area contributed by atoms with Gasteiger partial charge in [0.1, 0.15) is 5.75 Å². The number of nitro benzene ring substituents is 1. The van der Waals surface area contributed by atoms with Crippen molar-refractivity contribution < 1.29 is 10.0 Å². The minimum Gasteiger partial charge on any atom is -0.507 e. The first-order valence-electron chi connectivity index (χ1n) is 3.05. The summed E-state index contributed by atoms with van der Waals surface area (Å²) in [7, 11) is 0. The Bertz CT molecular complexity index is 301. The van der Waals surface area contributed by atoms with E-state index in [0.29, 0.717) is 5.56 Å². The molecular formula is C7H7NNaO3. The van der Waals surface area contributed by atoms with Crippen LogP contribution in [0.25, 0.3) is 0 Å². The van der Waals surface area contributed by atoms with E-state index in [4.69, 9.17) is 5.11 Å². The minimum absolute atomic E-state index is 0. The number of rotatable bonds is 1. The first-order valence-corrected chi connectivity index (χ1v) is 3.05. The quantitative estimate of drug-likeness (QED) is 0.397. The van der Waals surface area contributed by atoms with E-state index in [2.05, 4.69) is 0 Å². The van der Waals surface area contributed by atoms with Gasteiger partial charge in [0, 0.05) is 35.6 Å². The van der Waals surface area contributed by atoms with E-state index in [-0.39, 0.29) is 41.0 Å². The van der Waals surface area contributed by atoms with Gasteiger partial charge in [0.2, 0.25) is 0 Å². The molecule has 1 N–H and O–H groups in total. The number of hydrogen-bond donors (Lipinski definition) is 1. The van der Waals surface area contributed by atoms with Crippen LogP contribution in [0.3, 0.4) is 0 Å². The first-order chi connectivity index (χ1) is 5.11. The molecule has 1 rings (SSSR count). The van der Waals surface area contributed by atoms with E-state index in [1.165, 1.54) is 12.1 Å². The van der Waals surface area contributed by atoms with Crippen molar-refractivity contribution in [1.29, 1.82) is 0 Å². The zero-order valence-corrected chi connectivity index (χ0v) is 8.94. The van der Waals surface area contributed by atoms with Crippen LogP contribution in [0.2, 0.25) is 0 Å². The van der Waals surface area contributed by atoms with Gasteiger partial charge < -0.3 is 5.11 Å². The Hall–Kier alpha value is -0.580. The molecule has 0 fully saturated rings. The monoisotopic (exact) mass is 176 g/mol. The molecule has 0 atom stereocenters. The number of non-ortho nitro benzene ring substituents is 1. The Kier molecular flexibility index (Phi) is 4.23. The third-order valence-corrected chi connectivity index (χ3v) is 1.40. The molecule has 0 saturated carbocycles. The number of hydrogen-bond acceptors (Lipinski definition) is 3. The van der Waals surface area contributed by atoms with E-state index in [9.17, 15) is 10.1 Å². The molecule has 0 spiro atoms. The van der Waals surface area contributed by atoms with Crippen molar-refractivity contribution in [3.63, 3.8) is 0 Å². The first kappa shape index (κ1) is 11.4. The zero-order valence-electron chi connectivity index (χ0n) is 6.94. The molecule has 4 nitrogen and oxygen atoms in total. The normalized spacial score (nSPS) is 8.75. The standard InChI is InChI=1S/C7H7NO3.Na/c1-5-2-3-6(8(10)11)4-7(5)9;/h2-4,9H,1H3;. The van der Waals surface area contributed by atoms with Crippen LogP contribution in [-0.2, 0) is 0 Å². The average Bonchev–Trinajstić information content (AvgIpc) is 1.94. The fourth-order valence-electron chi connectivity index (χ4n) is 0.711. The Morgan fingerprint density at radius 1 is 1.50 bits per heavy atom. The van der Waals surface area contributed by atoms with Crippen molar-refractivity contribution >= 4 is 35.2 Å². The van der Waals surface area contributed by atoms with Crippen molar-refractivity contribution in [3.8, 4) is 5.75 Å². The zero-order chi connectivity index (χ0) is 8.43. The van der Waals surface area contributed by atoms with Crippen LogP contribution in [-0.4, -0.2) is 39.6 Å². The molecule has 5 heteroatoms. The SMILES string of the molecule is Cc1ccc([N+](=O)[O-])cc1O.[Na]. The molecular weight excluding hydrogens is 169 g/mol. The second-order valence-electron chi connectivity index (χ2n) is 2.23. The van der Waals surface area contributed by atoms with E-state index >= 15 is 0 Å². The van der Waals surface area contributed by atoms with Gasteiger partial charge in [-0.3, -0.25) is 10.1 Å². The molecule has 0 aliphatic heterocycles. The van der Waals surface area contributed by atoms with Gasteiger partial charge in [-0.15, -0.1) is 0 Å². The molecule has 0 aliphatic carbocycles. The second kappa shape index (κ2) is 4.45. The maximum Gasteiger partial charge on any atom is 0.273 e. The smallest absolute Gasteiger partial charge is 0.273 e. The van der Waals surface area contributed by atoms with Gasteiger partial charge in [-0.1, -0.05) is 0 Å². The van der Waals surface area contributed by atoms with Gasteiger partial charge in [0.15, 0.2) is 0 Å². The largest absolute Gasteiger partial charge is 0.507 e. The van der Waals surface area contributed by atoms with Gasteiger partial charge in [-0.05, 0) is 18.6 Å². The number of nitrogens with zero attached hydrogens (tertiary/aromatic N) is 1. The number of nitro groups is 1. The molecule has 0 saturated heterocycles. The summed E-state index contributed by atoms with van der Waals surface area (Å²) in [5.41, 5.74) is 0.545. The Morgan fingerprint density at radius 2 is 2.08 bits per heavy atom. The van der Waals surface area contributed by atoms with Crippen LogP contribution in [0.4, 0.5) is 5.69 Å². The molecule has 59 valence electrons. The maximum atomic E-state index is 10.2. The average molecular weight is 176 g/mol. The molecule has 0 bridgehead atoms. The summed E-state index contributed by atoms with van der Waals surface area (Å²) in [6.07, 6.45) is 0. The van der Waals surface area contributed by atoms with Crippen LogP contribution < -0.4 is 0 Å². The summed E-state index contributed by atoms with van der Waals surface area (Å²) in [4.78, 5) is 9.62. The molecule has 1 aromatic rings. The Balaban J connectivity index is 0.00000121. The Labute approximate surface area is 91.7 Å². The summed E-state index contributed by atoms with van der Waals surface area (Å²) in [6.45, 7) is 1.68. The molecule has 1 aromatic carbocycles. The minimum atomic E-state index is -0.542. The van der Waals surface area contributed by atoms with Crippen molar-refractivity contribution in [2.45, 2.75) is 6.92 Å². The van der Waals surface area contributed by atoms with E-state index in [0.717, 1.165) is 6.07 Å². The fraction of sp³-hybridized carbons (Fsp3) is 0.143. The predicted octanol–water partition coefficient (Wildman–Crippen LogP) is 1.23. The van der Waals surface area contributed by atoms with Gasteiger partial charge in [0.05, 0.1) is 11.0 Å². The number of phenolic OH excluding ortho intramolecular Hbond substituents is 1. The number of benzene rings is 1. The molecule has 12 heavy (non-hydrogen) atoms.